The lowest BCUT2D eigenvalue weighted by molar-refractivity contribution is -0.139. The second-order valence-electron chi connectivity index (χ2n) is 10.1. The Bertz CT molecular complexity index is 1370. The van der Waals surface area contributed by atoms with Crippen LogP contribution in [0.15, 0.2) is 82.2 Å². The molecule has 3 aromatic rings. The molecule has 3 aromatic carbocycles. The largest absolute Gasteiger partial charge is 0.354 e. The smallest absolute Gasteiger partial charge is 0.264 e. The molecule has 3 rings (SSSR count). The van der Waals surface area contributed by atoms with Gasteiger partial charge in [0.2, 0.25) is 11.8 Å². The summed E-state index contributed by atoms with van der Waals surface area (Å²) in [7, 11) is -4.09. The van der Waals surface area contributed by atoms with Gasteiger partial charge < -0.3 is 10.2 Å². The zero-order valence-electron chi connectivity index (χ0n) is 23.0. The maximum atomic E-state index is 13.9. The van der Waals surface area contributed by atoms with Crippen molar-refractivity contribution in [3.05, 3.63) is 94.0 Å². The van der Waals surface area contributed by atoms with Gasteiger partial charge in [-0.15, -0.1) is 0 Å². The third kappa shape index (κ3) is 8.16. The number of sulfonamides is 1. The molecule has 9 heteroatoms. The summed E-state index contributed by atoms with van der Waals surface area (Å²) in [5.41, 5.74) is 3.18. The van der Waals surface area contributed by atoms with Crippen molar-refractivity contribution in [3.63, 3.8) is 0 Å². The fraction of sp³-hybridized carbons (Fsp3) is 0.333. The van der Waals surface area contributed by atoms with Gasteiger partial charge in [0.25, 0.3) is 10.0 Å². The average Bonchev–Trinajstić information content (AvgIpc) is 2.90. The lowest BCUT2D eigenvalue weighted by Crippen LogP contribution is -2.51. The van der Waals surface area contributed by atoms with E-state index in [0.717, 1.165) is 25.5 Å². The Morgan fingerprint density at radius 2 is 1.38 bits per heavy atom. The normalized spacial score (nSPS) is 12.2. The number of carbonyl (C=O) groups is 2. The molecule has 39 heavy (non-hydrogen) atoms. The van der Waals surface area contributed by atoms with Gasteiger partial charge >= 0.3 is 0 Å². The Hall–Kier alpha value is -3.17. The van der Waals surface area contributed by atoms with E-state index in [9.17, 15) is 18.0 Å². The minimum atomic E-state index is -4.09. The van der Waals surface area contributed by atoms with Crippen LogP contribution in [-0.2, 0) is 26.2 Å². The van der Waals surface area contributed by atoms with Crippen LogP contribution in [0.25, 0.3) is 0 Å². The number of hydrogen-bond acceptors (Lipinski definition) is 4. The summed E-state index contributed by atoms with van der Waals surface area (Å²) in [6, 6.07) is 20.1. The average molecular weight is 615 g/mol. The van der Waals surface area contributed by atoms with Gasteiger partial charge in [-0.3, -0.25) is 13.9 Å². The van der Waals surface area contributed by atoms with Crippen molar-refractivity contribution < 1.29 is 18.0 Å². The molecule has 1 N–H and O–H groups in total. The molecule has 0 radical (unpaired) electrons. The number of benzene rings is 3. The Kier molecular flexibility index (Phi) is 10.3. The van der Waals surface area contributed by atoms with E-state index in [4.69, 9.17) is 0 Å². The predicted molar refractivity (Wildman–Crippen MR) is 159 cm³/mol. The molecule has 0 aliphatic heterocycles. The van der Waals surface area contributed by atoms with Gasteiger partial charge in [-0.1, -0.05) is 77.3 Å². The van der Waals surface area contributed by atoms with Crippen molar-refractivity contribution in [2.75, 3.05) is 17.4 Å². The lowest BCUT2D eigenvalue weighted by Gasteiger charge is -2.32. The van der Waals surface area contributed by atoms with Crippen LogP contribution >= 0.6 is 15.9 Å². The van der Waals surface area contributed by atoms with Crippen molar-refractivity contribution in [2.24, 2.45) is 5.92 Å². The van der Waals surface area contributed by atoms with Crippen LogP contribution in [-0.4, -0.2) is 44.3 Å². The minimum absolute atomic E-state index is 0.0802. The molecule has 0 aliphatic carbocycles. The first-order valence-electron chi connectivity index (χ1n) is 12.9. The van der Waals surface area contributed by atoms with Gasteiger partial charge in [-0.25, -0.2) is 8.42 Å². The number of aryl methyl sites for hydroxylation is 2. The van der Waals surface area contributed by atoms with Crippen LogP contribution in [0.4, 0.5) is 5.69 Å². The first-order valence-corrected chi connectivity index (χ1v) is 15.1. The van der Waals surface area contributed by atoms with E-state index in [1.807, 2.05) is 52.0 Å². The van der Waals surface area contributed by atoms with Crippen molar-refractivity contribution in [1.29, 1.82) is 0 Å². The minimum Gasteiger partial charge on any atom is -0.354 e. The van der Waals surface area contributed by atoms with Gasteiger partial charge in [0.15, 0.2) is 0 Å². The molecule has 0 heterocycles. The zero-order chi connectivity index (χ0) is 28.7. The number of rotatable bonds is 11. The number of nitrogens with one attached hydrogen (secondary N) is 1. The Labute approximate surface area is 240 Å². The standard InChI is InChI=1S/C30H36BrN3O4S/c1-21(2)18-32-30(36)24(5)33(19-25-10-6-22(3)7-11-25)29(35)20-34(27-14-12-26(31)13-15-27)39(37,38)28-16-8-23(4)9-17-28/h6-17,21,24H,18-20H2,1-5H3,(H,32,36)/t24-/m0/s1. The van der Waals surface area contributed by atoms with Crippen LogP contribution in [0.5, 0.6) is 0 Å². The SMILES string of the molecule is Cc1ccc(CN(C(=O)CN(c2ccc(Br)cc2)S(=O)(=O)c2ccc(C)cc2)[C@@H](C)C(=O)NCC(C)C)cc1. The first-order chi connectivity index (χ1) is 18.4. The molecule has 0 fully saturated rings. The predicted octanol–water partition coefficient (Wildman–Crippen LogP) is 5.45. The van der Waals surface area contributed by atoms with E-state index in [1.54, 1.807) is 43.3 Å². The van der Waals surface area contributed by atoms with E-state index in [1.165, 1.54) is 17.0 Å². The fourth-order valence-corrected chi connectivity index (χ4v) is 5.58. The summed E-state index contributed by atoms with van der Waals surface area (Å²) in [6.45, 7) is 9.67. The summed E-state index contributed by atoms with van der Waals surface area (Å²) in [6.07, 6.45) is 0. The molecule has 0 saturated heterocycles. The maximum Gasteiger partial charge on any atom is 0.264 e. The van der Waals surface area contributed by atoms with Crippen LogP contribution in [0.1, 0.15) is 37.5 Å². The van der Waals surface area contributed by atoms with Gasteiger partial charge in [0.1, 0.15) is 12.6 Å². The molecule has 0 aliphatic rings. The molecular formula is C30H36BrN3O4S. The molecule has 2 amide bonds. The molecule has 0 spiro atoms. The highest BCUT2D eigenvalue weighted by molar-refractivity contribution is 9.10. The third-order valence-electron chi connectivity index (χ3n) is 6.33. The summed E-state index contributed by atoms with van der Waals surface area (Å²) in [4.78, 5) is 28.5. The number of amides is 2. The molecule has 0 aromatic heterocycles. The molecule has 0 bridgehead atoms. The van der Waals surface area contributed by atoms with E-state index in [2.05, 4.69) is 21.2 Å². The summed E-state index contributed by atoms with van der Waals surface area (Å²) in [5, 5.41) is 2.89. The summed E-state index contributed by atoms with van der Waals surface area (Å²) in [5.74, 6) is -0.530. The molecule has 0 unspecified atom stereocenters. The van der Waals surface area contributed by atoms with Crippen molar-refractivity contribution in [3.8, 4) is 0 Å². The van der Waals surface area contributed by atoms with Crippen LogP contribution < -0.4 is 9.62 Å². The molecule has 208 valence electrons. The molecule has 7 nitrogen and oxygen atoms in total. The van der Waals surface area contributed by atoms with Gasteiger partial charge in [0.05, 0.1) is 10.6 Å². The highest BCUT2D eigenvalue weighted by atomic mass is 79.9. The first kappa shape index (κ1) is 30.4. The number of anilines is 1. The van der Waals surface area contributed by atoms with Gasteiger partial charge in [-0.2, -0.15) is 0 Å². The number of nitrogens with zero attached hydrogens (tertiary/aromatic N) is 2. The van der Waals surface area contributed by atoms with Crippen molar-refractivity contribution in [2.45, 2.75) is 52.1 Å². The van der Waals surface area contributed by atoms with E-state index >= 15 is 0 Å². The second-order valence-corrected chi connectivity index (χ2v) is 12.9. The van der Waals surface area contributed by atoms with Crippen molar-refractivity contribution >= 4 is 43.5 Å². The highest BCUT2D eigenvalue weighted by Gasteiger charge is 2.32. The van der Waals surface area contributed by atoms with Crippen molar-refractivity contribution in [1.82, 2.24) is 10.2 Å². The van der Waals surface area contributed by atoms with Crippen LogP contribution in [0.2, 0.25) is 0 Å². The zero-order valence-corrected chi connectivity index (χ0v) is 25.4. The topological polar surface area (TPSA) is 86.8 Å². The summed E-state index contributed by atoms with van der Waals surface area (Å²) >= 11 is 3.39. The number of carbonyl (C=O) groups excluding carboxylic acids is 2. The van der Waals surface area contributed by atoms with Gasteiger partial charge in [-0.05, 0) is 68.7 Å². The molecule has 0 saturated carbocycles. The molecule has 1 atom stereocenters. The second kappa shape index (κ2) is 13.3. The van der Waals surface area contributed by atoms with Crippen LogP contribution in [0, 0.1) is 19.8 Å². The number of halogens is 1. The Balaban J connectivity index is 2.00. The Morgan fingerprint density at radius 1 is 0.846 bits per heavy atom. The summed E-state index contributed by atoms with van der Waals surface area (Å²) < 4.78 is 29.5. The monoisotopic (exact) mass is 613 g/mol. The fourth-order valence-electron chi connectivity index (χ4n) is 3.90. The quantitative estimate of drug-likeness (QED) is 0.311. The third-order valence-corrected chi connectivity index (χ3v) is 8.64. The van der Waals surface area contributed by atoms with Crippen LogP contribution in [0.3, 0.4) is 0 Å². The molecular weight excluding hydrogens is 578 g/mol. The van der Waals surface area contributed by atoms with E-state index < -0.39 is 28.5 Å². The highest BCUT2D eigenvalue weighted by Crippen LogP contribution is 2.26. The Morgan fingerprint density at radius 3 is 1.92 bits per heavy atom. The number of hydrogen-bond donors (Lipinski definition) is 1. The van der Waals surface area contributed by atoms with E-state index in [-0.39, 0.29) is 23.3 Å². The maximum absolute atomic E-state index is 13.9. The van der Waals surface area contributed by atoms with E-state index in [0.29, 0.717) is 12.2 Å². The lowest BCUT2D eigenvalue weighted by atomic mass is 10.1. The van der Waals surface area contributed by atoms with Gasteiger partial charge in [0, 0.05) is 17.6 Å².